The first-order valence-electron chi connectivity index (χ1n) is 4.54. The zero-order valence-electron chi connectivity index (χ0n) is 8.33. The third-order valence-corrected chi connectivity index (χ3v) is 2.53. The molecule has 0 saturated carbocycles. The summed E-state index contributed by atoms with van der Waals surface area (Å²) < 4.78 is 0. The largest absolute Gasteiger partial charge is 0.395 e. The molecule has 3 N–H and O–H groups in total. The van der Waals surface area contributed by atoms with Gasteiger partial charge in [0.15, 0.2) is 0 Å². The van der Waals surface area contributed by atoms with Gasteiger partial charge in [-0.25, -0.2) is 0 Å². The van der Waals surface area contributed by atoms with Crippen LogP contribution in [0.4, 0.5) is 0 Å². The van der Waals surface area contributed by atoms with Gasteiger partial charge < -0.3 is 10.8 Å². The maximum absolute atomic E-state index is 9.27. The van der Waals surface area contributed by atoms with Crippen molar-refractivity contribution >= 4 is 0 Å². The monoisotopic (exact) mass is 189 g/mol. The molecule has 0 aliphatic carbocycles. The second kappa shape index (κ2) is 4.28. The summed E-state index contributed by atoms with van der Waals surface area (Å²) in [4.78, 5) is 0. The molecule has 0 aliphatic rings. The van der Waals surface area contributed by atoms with Crippen LogP contribution in [-0.4, -0.2) is 18.3 Å². The minimum Gasteiger partial charge on any atom is -0.395 e. The Kier molecular flexibility index (Phi) is 3.29. The number of aliphatic hydroxyl groups is 1. The molecule has 2 heteroatoms. The Hall–Kier alpha value is -1.30. The molecule has 0 heterocycles. The Morgan fingerprint density at radius 1 is 1.57 bits per heavy atom. The highest BCUT2D eigenvalue weighted by Gasteiger charge is 2.23. The first kappa shape index (κ1) is 10.8. The summed E-state index contributed by atoms with van der Waals surface area (Å²) in [7, 11) is 0. The van der Waals surface area contributed by atoms with Gasteiger partial charge in [0.2, 0.25) is 0 Å². The van der Waals surface area contributed by atoms with E-state index in [1.54, 1.807) is 0 Å². The van der Waals surface area contributed by atoms with E-state index in [2.05, 4.69) is 5.92 Å². The molecule has 0 fully saturated rings. The SMILES string of the molecule is C#Cc1cccc(C(C)(CN)CO)c1. The molecule has 1 atom stereocenters. The van der Waals surface area contributed by atoms with Gasteiger partial charge in [-0.3, -0.25) is 0 Å². The van der Waals surface area contributed by atoms with Crippen molar-refractivity contribution in [2.24, 2.45) is 5.73 Å². The van der Waals surface area contributed by atoms with Gasteiger partial charge >= 0.3 is 0 Å². The van der Waals surface area contributed by atoms with E-state index >= 15 is 0 Å². The highest BCUT2D eigenvalue weighted by molar-refractivity contribution is 5.38. The molecule has 0 radical (unpaired) electrons. The number of aliphatic hydroxyl groups excluding tert-OH is 1. The number of terminal acetylenes is 1. The fourth-order valence-corrected chi connectivity index (χ4v) is 1.26. The molecule has 0 saturated heterocycles. The van der Waals surface area contributed by atoms with Gasteiger partial charge in [-0.2, -0.15) is 0 Å². The molecule has 2 nitrogen and oxygen atoms in total. The third-order valence-electron chi connectivity index (χ3n) is 2.53. The van der Waals surface area contributed by atoms with Gasteiger partial charge in [-0.15, -0.1) is 6.42 Å². The van der Waals surface area contributed by atoms with Gasteiger partial charge in [-0.05, 0) is 17.7 Å². The van der Waals surface area contributed by atoms with E-state index in [1.807, 2.05) is 31.2 Å². The minimum absolute atomic E-state index is 0.0253. The van der Waals surface area contributed by atoms with Crippen LogP contribution >= 0.6 is 0 Å². The van der Waals surface area contributed by atoms with Crippen LogP contribution in [-0.2, 0) is 5.41 Å². The van der Waals surface area contributed by atoms with Crippen LogP contribution in [0.5, 0.6) is 0 Å². The fourth-order valence-electron chi connectivity index (χ4n) is 1.26. The maximum Gasteiger partial charge on any atom is 0.0537 e. The average Bonchev–Trinajstić information content (AvgIpc) is 2.28. The van der Waals surface area contributed by atoms with E-state index in [9.17, 15) is 5.11 Å². The van der Waals surface area contributed by atoms with Gasteiger partial charge in [0.05, 0.1) is 6.61 Å². The lowest BCUT2D eigenvalue weighted by molar-refractivity contribution is 0.210. The first-order valence-corrected chi connectivity index (χ1v) is 4.54. The van der Waals surface area contributed by atoms with E-state index in [1.165, 1.54) is 0 Å². The number of hydrogen-bond donors (Lipinski definition) is 2. The molecule has 1 rings (SSSR count). The van der Waals surface area contributed by atoms with Crippen LogP contribution in [0.1, 0.15) is 18.1 Å². The highest BCUT2D eigenvalue weighted by atomic mass is 16.3. The lowest BCUT2D eigenvalue weighted by Gasteiger charge is -2.26. The molecular weight excluding hydrogens is 174 g/mol. The highest BCUT2D eigenvalue weighted by Crippen LogP contribution is 2.22. The van der Waals surface area contributed by atoms with Crippen LogP contribution in [0.3, 0.4) is 0 Å². The predicted molar refractivity (Wildman–Crippen MR) is 57.9 cm³/mol. The van der Waals surface area contributed by atoms with E-state index in [0.29, 0.717) is 6.54 Å². The lowest BCUT2D eigenvalue weighted by Crippen LogP contribution is -2.35. The fraction of sp³-hybridized carbons (Fsp3) is 0.333. The molecule has 0 aliphatic heterocycles. The normalized spacial score (nSPS) is 14.4. The second-order valence-electron chi connectivity index (χ2n) is 3.65. The van der Waals surface area contributed by atoms with Crippen molar-refractivity contribution in [3.05, 3.63) is 35.4 Å². The quantitative estimate of drug-likeness (QED) is 0.693. The maximum atomic E-state index is 9.27. The zero-order valence-corrected chi connectivity index (χ0v) is 8.33. The first-order chi connectivity index (χ1) is 6.66. The number of benzene rings is 1. The van der Waals surface area contributed by atoms with Crippen molar-refractivity contribution in [1.29, 1.82) is 0 Å². The van der Waals surface area contributed by atoms with E-state index in [4.69, 9.17) is 12.2 Å². The van der Waals surface area contributed by atoms with Crippen molar-refractivity contribution in [1.82, 2.24) is 0 Å². The van der Waals surface area contributed by atoms with Crippen molar-refractivity contribution in [3.8, 4) is 12.3 Å². The van der Waals surface area contributed by atoms with Gasteiger partial charge in [0.1, 0.15) is 0 Å². The van der Waals surface area contributed by atoms with Crippen LogP contribution in [0.25, 0.3) is 0 Å². The Labute approximate surface area is 84.8 Å². The van der Waals surface area contributed by atoms with E-state index in [-0.39, 0.29) is 6.61 Å². The van der Waals surface area contributed by atoms with Crippen LogP contribution in [0.2, 0.25) is 0 Å². The summed E-state index contributed by atoms with van der Waals surface area (Å²) in [5, 5.41) is 9.27. The standard InChI is InChI=1S/C12H15NO/c1-3-10-5-4-6-11(7-10)12(2,8-13)9-14/h1,4-7,14H,8-9,13H2,2H3. The molecule has 1 aromatic rings. The van der Waals surface area contributed by atoms with Gasteiger partial charge in [0, 0.05) is 17.5 Å². The van der Waals surface area contributed by atoms with Gasteiger partial charge in [-0.1, -0.05) is 25.0 Å². The molecule has 14 heavy (non-hydrogen) atoms. The number of nitrogens with two attached hydrogens (primary N) is 1. The van der Waals surface area contributed by atoms with Crippen molar-refractivity contribution in [2.45, 2.75) is 12.3 Å². The summed E-state index contributed by atoms with van der Waals surface area (Å²) in [6, 6.07) is 7.57. The third kappa shape index (κ3) is 1.95. The summed E-state index contributed by atoms with van der Waals surface area (Å²) >= 11 is 0. The molecular formula is C12H15NO. The Bertz CT molecular complexity index is 348. The summed E-state index contributed by atoms with van der Waals surface area (Å²) in [5.74, 6) is 2.57. The smallest absolute Gasteiger partial charge is 0.0537 e. The van der Waals surface area contributed by atoms with Crippen molar-refractivity contribution in [2.75, 3.05) is 13.2 Å². The second-order valence-corrected chi connectivity index (χ2v) is 3.65. The Morgan fingerprint density at radius 3 is 2.79 bits per heavy atom. The molecule has 0 bridgehead atoms. The molecule has 0 amide bonds. The Morgan fingerprint density at radius 2 is 2.29 bits per heavy atom. The topological polar surface area (TPSA) is 46.2 Å². The Balaban J connectivity index is 3.12. The summed E-state index contributed by atoms with van der Waals surface area (Å²) in [6.07, 6.45) is 5.30. The molecule has 1 aromatic carbocycles. The van der Waals surface area contributed by atoms with Crippen LogP contribution < -0.4 is 5.73 Å². The number of hydrogen-bond acceptors (Lipinski definition) is 2. The summed E-state index contributed by atoms with van der Waals surface area (Å²) in [6.45, 7) is 2.34. The average molecular weight is 189 g/mol. The lowest BCUT2D eigenvalue weighted by atomic mass is 9.83. The van der Waals surface area contributed by atoms with E-state index < -0.39 is 5.41 Å². The minimum atomic E-state index is -0.396. The predicted octanol–water partition coefficient (Wildman–Crippen LogP) is 0.877. The van der Waals surface area contributed by atoms with Crippen LogP contribution in [0.15, 0.2) is 24.3 Å². The zero-order chi connectivity index (χ0) is 10.6. The van der Waals surface area contributed by atoms with Crippen molar-refractivity contribution < 1.29 is 5.11 Å². The van der Waals surface area contributed by atoms with E-state index in [0.717, 1.165) is 11.1 Å². The van der Waals surface area contributed by atoms with Gasteiger partial charge in [0.25, 0.3) is 0 Å². The molecule has 0 spiro atoms. The number of rotatable bonds is 3. The molecule has 74 valence electrons. The summed E-state index contributed by atoms with van der Waals surface area (Å²) in [5.41, 5.74) is 7.03. The molecule has 1 unspecified atom stereocenters. The van der Waals surface area contributed by atoms with Crippen LogP contribution in [0, 0.1) is 12.3 Å². The van der Waals surface area contributed by atoms with Crippen molar-refractivity contribution in [3.63, 3.8) is 0 Å². The molecule has 0 aromatic heterocycles.